The summed E-state index contributed by atoms with van der Waals surface area (Å²) in [6.07, 6.45) is 2.31. The van der Waals surface area contributed by atoms with E-state index in [4.69, 9.17) is 9.15 Å². The summed E-state index contributed by atoms with van der Waals surface area (Å²) in [4.78, 5) is 18.1. The summed E-state index contributed by atoms with van der Waals surface area (Å²) in [5, 5.41) is 13.3. The Morgan fingerprint density at radius 3 is 2.70 bits per heavy atom. The Morgan fingerprint density at radius 1 is 1.14 bits per heavy atom. The fraction of sp³-hybridized carbons (Fsp3) is 0.259. The maximum atomic E-state index is 13.4. The van der Waals surface area contributed by atoms with E-state index in [0.29, 0.717) is 43.2 Å². The number of hydrogen-bond donors (Lipinski definition) is 1. The molecule has 0 radical (unpaired) electrons. The molecule has 0 aliphatic carbocycles. The van der Waals surface area contributed by atoms with Crippen LogP contribution >= 0.6 is 0 Å². The van der Waals surface area contributed by atoms with E-state index >= 15 is 0 Å². The molecule has 0 aliphatic heterocycles. The van der Waals surface area contributed by atoms with Crippen LogP contribution in [0.15, 0.2) is 76.1 Å². The number of H-pyrrole nitrogens is 1. The van der Waals surface area contributed by atoms with Gasteiger partial charge in [-0.3, -0.25) is 9.69 Å². The molecule has 0 fully saturated rings. The Kier molecular flexibility index (Phi) is 7.09. The zero-order chi connectivity index (χ0) is 25.8. The highest BCUT2D eigenvalue weighted by atomic mass is 19.1. The van der Waals surface area contributed by atoms with E-state index in [2.05, 4.69) is 25.4 Å². The molecule has 190 valence electrons. The van der Waals surface area contributed by atoms with E-state index < -0.39 is 0 Å². The third-order valence-corrected chi connectivity index (χ3v) is 6.37. The first kappa shape index (κ1) is 24.4. The minimum absolute atomic E-state index is 0.164. The number of aromatic nitrogens is 5. The van der Waals surface area contributed by atoms with Crippen LogP contribution in [0.4, 0.5) is 4.39 Å². The van der Waals surface area contributed by atoms with Crippen LogP contribution in [0.1, 0.15) is 42.1 Å². The lowest BCUT2D eigenvalue weighted by molar-refractivity contribution is 0.149. The first-order valence-corrected chi connectivity index (χ1v) is 12.0. The molecular weight excluding hydrogens is 475 g/mol. The fourth-order valence-corrected chi connectivity index (χ4v) is 4.50. The van der Waals surface area contributed by atoms with Gasteiger partial charge in [-0.25, -0.2) is 9.07 Å². The Bertz CT molecular complexity index is 1530. The number of fused-ring (bicyclic) bond motifs is 1. The van der Waals surface area contributed by atoms with Crippen LogP contribution in [-0.4, -0.2) is 37.2 Å². The number of hydrogen-bond acceptors (Lipinski definition) is 7. The number of halogens is 1. The summed E-state index contributed by atoms with van der Waals surface area (Å²) in [6, 6.07) is 17.2. The quantitative estimate of drug-likeness (QED) is 0.301. The van der Waals surface area contributed by atoms with Crippen molar-refractivity contribution in [3.8, 4) is 5.75 Å². The van der Waals surface area contributed by atoms with Gasteiger partial charge < -0.3 is 14.1 Å². The number of methoxy groups -OCH3 is 1. The number of aromatic amines is 1. The average Bonchev–Trinajstić information content (AvgIpc) is 3.58. The van der Waals surface area contributed by atoms with Crippen molar-refractivity contribution in [2.45, 2.75) is 39.0 Å². The number of tetrazole rings is 1. The molecule has 1 atom stereocenters. The summed E-state index contributed by atoms with van der Waals surface area (Å²) in [7, 11) is 1.61. The predicted molar refractivity (Wildman–Crippen MR) is 135 cm³/mol. The van der Waals surface area contributed by atoms with Crippen molar-refractivity contribution in [3.63, 3.8) is 0 Å². The van der Waals surface area contributed by atoms with Crippen molar-refractivity contribution in [1.29, 1.82) is 0 Å². The molecule has 37 heavy (non-hydrogen) atoms. The number of rotatable bonds is 10. The second-order valence-electron chi connectivity index (χ2n) is 8.81. The molecule has 5 rings (SSSR count). The van der Waals surface area contributed by atoms with Gasteiger partial charge in [-0.1, -0.05) is 19.1 Å². The predicted octanol–water partition coefficient (Wildman–Crippen LogP) is 4.46. The fourth-order valence-electron chi connectivity index (χ4n) is 4.50. The first-order chi connectivity index (χ1) is 18.0. The molecule has 0 bridgehead atoms. The largest absolute Gasteiger partial charge is 0.497 e. The Labute approximate surface area is 212 Å². The van der Waals surface area contributed by atoms with Crippen molar-refractivity contribution in [1.82, 2.24) is 30.1 Å². The highest BCUT2D eigenvalue weighted by molar-refractivity contribution is 5.80. The van der Waals surface area contributed by atoms with Crippen LogP contribution in [0.5, 0.6) is 5.75 Å². The molecule has 10 heteroatoms. The minimum Gasteiger partial charge on any atom is -0.497 e. The summed E-state index contributed by atoms with van der Waals surface area (Å²) >= 11 is 0. The standard InChI is InChI=1S/C27H27FN6O3/c1-3-25(26-30-31-32-34(26)15-18-6-8-21(28)9-7-18)33(17-23-5-4-12-37-23)16-20-13-19-14-22(36-2)10-11-24(19)29-27(20)35/h4-14,25H,3,15-17H2,1-2H3,(H,29,35)/t25-/m0/s1. The molecule has 0 saturated carbocycles. The molecule has 3 heterocycles. The van der Waals surface area contributed by atoms with Crippen molar-refractivity contribution in [3.05, 3.63) is 106 Å². The summed E-state index contributed by atoms with van der Waals surface area (Å²) in [5.74, 6) is 1.83. The number of ether oxygens (including phenoxy) is 1. The van der Waals surface area contributed by atoms with Crippen LogP contribution in [-0.2, 0) is 19.6 Å². The zero-order valence-corrected chi connectivity index (χ0v) is 20.6. The van der Waals surface area contributed by atoms with Gasteiger partial charge in [0.15, 0.2) is 5.82 Å². The van der Waals surface area contributed by atoms with Gasteiger partial charge in [0, 0.05) is 23.0 Å². The first-order valence-electron chi connectivity index (χ1n) is 12.0. The summed E-state index contributed by atoms with van der Waals surface area (Å²) < 4.78 is 26.1. The molecule has 0 saturated heterocycles. The molecule has 0 amide bonds. The number of nitrogens with one attached hydrogen (secondary N) is 1. The Hall–Kier alpha value is -4.31. The van der Waals surface area contributed by atoms with Crippen LogP contribution < -0.4 is 10.3 Å². The van der Waals surface area contributed by atoms with Gasteiger partial charge in [0.05, 0.1) is 32.5 Å². The van der Waals surface area contributed by atoms with Crippen molar-refractivity contribution < 1.29 is 13.5 Å². The normalized spacial score (nSPS) is 12.3. The average molecular weight is 503 g/mol. The zero-order valence-electron chi connectivity index (χ0n) is 20.6. The van der Waals surface area contributed by atoms with Gasteiger partial charge >= 0.3 is 0 Å². The molecule has 1 N–H and O–H groups in total. The van der Waals surface area contributed by atoms with Crippen LogP contribution in [0.2, 0.25) is 0 Å². The minimum atomic E-state index is -0.296. The van der Waals surface area contributed by atoms with E-state index in [1.54, 1.807) is 30.2 Å². The molecule has 3 aromatic heterocycles. The van der Waals surface area contributed by atoms with E-state index in [9.17, 15) is 9.18 Å². The summed E-state index contributed by atoms with van der Waals surface area (Å²) in [6.45, 7) is 3.23. The highest BCUT2D eigenvalue weighted by Gasteiger charge is 2.27. The number of benzene rings is 2. The van der Waals surface area contributed by atoms with Crippen molar-refractivity contribution >= 4 is 10.9 Å². The monoisotopic (exact) mass is 502 g/mol. The van der Waals surface area contributed by atoms with E-state index in [-0.39, 0.29) is 17.4 Å². The van der Waals surface area contributed by atoms with Crippen molar-refractivity contribution in [2.75, 3.05) is 7.11 Å². The van der Waals surface area contributed by atoms with Gasteiger partial charge in [-0.15, -0.1) is 5.10 Å². The van der Waals surface area contributed by atoms with Crippen LogP contribution in [0, 0.1) is 5.82 Å². The Morgan fingerprint density at radius 2 is 1.97 bits per heavy atom. The van der Waals surface area contributed by atoms with Gasteiger partial charge in [0.25, 0.3) is 5.56 Å². The lowest BCUT2D eigenvalue weighted by Crippen LogP contribution is -2.32. The van der Waals surface area contributed by atoms with Gasteiger partial charge in [-0.2, -0.15) is 0 Å². The maximum Gasteiger partial charge on any atom is 0.252 e. The van der Waals surface area contributed by atoms with Gasteiger partial charge in [0.2, 0.25) is 0 Å². The second kappa shape index (κ2) is 10.8. The van der Waals surface area contributed by atoms with Crippen LogP contribution in [0.25, 0.3) is 10.9 Å². The molecule has 0 aliphatic rings. The maximum absolute atomic E-state index is 13.4. The van der Waals surface area contributed by atoms with Crippen molar-refractivity contribution in [2.24, 2.45) is 0 Å². The summed E-state index contributed by atoms with van der Waals surface area (Å²) in [5.41, 5.74) is 2.05. The Balaban J connectivity index is 1.50. The molecular formula is C27H27FN6O3. The third kappa shape index (κ3) is 5.44. The van der Waals surface area contributed by atoms with E-state index in [0.717, 1.165) is 22.2 Å². The van der Waals surface area contributed by atoms with Crippen LogP contribution in [0.3, 0.4) is 0 Å². The molecule has 2 aromatic carbocycles. The van der Waals surface area contributed by atoms with E-state index in [1.165, 1.54) is 12.1 Å². The lowest BCUT2D eigenvalue weighted by Gasteiger charge is -2.29. The van der Waals surface area contributed by atoms with E-state index in [1.807, 2.05) is 43.3 Å². The lowest BCUT2D eigenvalue weighted by atomic mass is 10.1. The SMILES string of the molecule is CC[C@@H](c1nnnn1Cc1ccc(F)cc1)N(Cc1ccco1)Cc1cc2cc(OC)ccc2[nH]c1=O. The number of furan rings is 1. The third-order valence-electron chi connectivity index (χ3n) is 6.37. The molecule has 9 nitrogen and oxygen atoms in total. The number of nitrogens with zero attached hydrogens (tertiary/aromatic N) is 5. The molecule has 0 spiro atoms. The molecule has 0 unspecified atom stereocenters. The van der Waals surface area contributed by atoms with Gasteiger partial charge in [-0.05, 0) is 70.9 Å². The van der Waals surface area contributed by atoms with Gasteiger partial charge in [0.1, 0.15) is 17.3 Å². The number of pyridine rings is 1. The topological polar surface area (TPSA) is 102 Å². The molecule has 5 aromatic rings. The smallest absolute Gasteiger partial charge is 0.252 e. The highest BCUT2D eigenvalue weighted by Crippen LogP contribution is 2.27. The second-order valence-corrected chi connectivity index (χ2v) is 8.81.